The zero-order valence-electron chi connectivity index (χ0n) is 9.88. The Hall–Kier alpha value is -1.12. The van der Waals surface area contributed by atoms with Gasteiger partial charge in [-0.3, -0.25) is 0 Å². The number of hydrogen-bond acceptors (Lipinski definition) is 2. The van der Waals surface area contributed by atoms with Gasteiger partial charge in [-0.25, -0.2) is 9.97 Å². The lowest BCUT2D eigenvalue weighted by Gasteiger charge is -2.10. The van der Waals surface area contributed by atoms with Gasteiger partial charge in [-0.2, -0.15) is 0 Å². The van der Waals surface area contributed by atoms with Gasteiger partial charge in [0.25, 0.3) is 0 Å². The van der Waals surface area contributed by atoms with E-state index in [9.17, 15) is 0 Å². The molecule has 2 rings (SSSR count). The number of nitrogens with zero attached hydrogens (tertiary/aromatic N) is 2. The van der Waals surface area contributed by atoms with Crippen molar-refractivity contribution < 1.29 is 0 Å². The molecule has 1 heterocycles. The predicted molar refractivity (Wildman–Crippen MR) is 71.7 cm³/mol. The first kappa shape index (κ1) is 12.3. The molecular weight excluding hydrogens is 255 g/mol. The standard InChI is InChI=1S/C13H12Cl2N2/c1-7-4-8(2)12(9(3)5-7)13-16-10(14)6-11(15)17-13/h4-6H,1-3H3. The zero-order chi connectivity index (χ0) is 12.6. The van der Waals surface area contributed by atoms with E-state index in [1.807, 2.05) is 13.8 Å². The van der Waals surface area contributed by atoms with Gasteiger partial charge in [0.15, 0.2) is 5.82 Å². The second-order valence-electron chi connectivity index (χ2n) is 4.11. The number of halogens is 2. The Labute approximate surface area is 111 Å². The minimum absolute atomic E-state index is 0.361. The molecule has 17 heavy (non-hydrogen) atoms. The number of rotatable bonds is 1. The van der Waals surface area contributed by atoms with Gasteiger partial charge >= 0.3 is 0 Å². The van der Waals surface area contributed by atoms with Crippen LogP contribution in [0.1, 0.15) is 16.7 Å². The summed E-state index contributed by atoms with van der Waals surface area (Å²) in [6.07, 6.45) is 0. The van der Waals surface area contributed by atoms with E-state index in [0.29, 0.717) is 16.1 Å². The Balaban J connectivity index is 2.68. The molecule has 0 aliphatic heterocycles. The largest absolute Gasteiger partial charge is 0.216 e. The summed E-state index contributed by atoms with van der Waals surface area (Å²) in [5, 5.41) is 0.721. The Bertz CT molecular complexity index is 536. The summed E-state index contributed by atoms with van der Waals surface area (Å²) < 4.78 is 0. The second kappa shape index (κ2) is 4.63. The molecule has 0 saturated heterocycles. The quantitative estimate of drug-likeness (QED) is 0.717. The molecule has 88 valence electrons. The van der Waals surface area contributed by atoms with Gasteiger partial charge in [0.1, 0.15) is 10.3 Å². The van der Waals surface area contributed by atoms with Gasteiger partial charge in [-0.1, -0.05) is 40.9 Å². The molecule has 2 aromatic rings. The molecule has 0 unspecified atom stereocenters. The summed E-state index contributed by atoms with van der Waals surface area (Å²) in [5.74, 6) is 0.581. The summed E-state index contributed by atoms with van der Waals surface area (Å²) in [5.41, 5.74) is 4.47. The van der Waals surface area contributed by atoms with Crippen LogP contribution in [0, 0.1) is 20.8 Å². The topological polar surface area (TPSA) is 25.8 Å². The van der Waals surface area contributed by atoms with Crippen molar-refractivity contribution in [2.24, 2.45) is 0 Å². The average Bonchev–Trinajstić information content (AvgIpc) is 2.13. The van der Waals surface area contributed by atoms with Crippen LogP contribution in [0.2, 0.25) is 10.3 Å². The lowest BCUT2D eigenvalue weighted by molar-refractivity contribution is 1.15. The average molecular weight is 267 g/mol. The minimum atomic E-state index is 0.361. The Morgan fingerprint density at radius 3 is 1.76 bits per heavy atom. The van der Waals surface area contributed by atoms with E-state index in [1.54, 1.807) is 0 Å². The van der Waals surface area contributed by atoms with Gasteiger partial charge in [0.05, 0.1) is 0 Å². The molecule has 0 spiro atoms. The number of benzene rings is 1. The first-order valence-corrected chi connectivity index (χ1v) is 6.01. The van der Waals surface area contributed by atoms with Crippen molar-refractivity contribution in [3.8, 4) is 11.4 Å². The van der Waals surface area contributed by atoms with Crippen LogP contribution in [0.3, 0.4) is 0 Å². The molecule has 4 heteroatoms. The van der Waals surface area contributed by atoms with Crippen molar-refractivity contribution in [1.29, 1.82) is 0 Å². The second-order valence-corrected chi connectivity index (χ2v) is 4.89. The summed E-state index contributed by atoms with van der Waals surface area (Å²) in [4.78, 5) is 8.45. The monoisotopic (exact) mass is 266 g/mol. The summed E-state index contributed by atoms with van der Waals surface area (Å²) in [6, 6.07) is 5.73. The van der Waals surface area contributed by atoms with E-state index in [1.165, 1.54) is 11.6 Å². The third-order valence-electron chi connectivity index (χ3n) is 2.56. The molecule has 1 aromatic heterocycles. The van der Waals surface area contributed by atoms with Crippen LogP contribution in [0.15, 0.2) is 18.2 Å². The van der Waals surface area contributed by atoms with Gasteiger partial charge in [-0.05, 0) is 31.9 Å². The number of hydrogen-bond donors (Lipinski definition) is 0. The Kier molecular flexibility index (Phi) is 3.36. The van der Waals surface area contributed by atoms with Crippen LogP contribution >= 0.6 is 23.2 Å². The first-order chi connectivity index (χ1) is 7.97. The van der Waals surface area contributed by atoms with Crippen molar-refractivity contribution in [3.05, 3.63) is 45.2 Å². The molecule has 0 amide bonds. The molecule has 0 saturated carbocycles. The lowest BCUT2D eigenvalue weighted by atomic mass is 9.99. The highest BCUT2D eigenvalue weighted by atomic mass is 35.5. The summed E-state index contributed by atoms with van der Waals surface area (Å²) in [7, 11) is 0. The normalized spacial score (nSPS) is 10.6. The van der Waals surface area contributed by atoms with Crippen molar-refractivity contribution >= 4 is 23.2 Å². The maximum Gasteiger partial charge on any atom is 0.163 e. The van der Waals surface area contributed by atoms with E-state index in [-0.39, 0.29) is 0 Å². The van der Waals surface area contributed by atoms with E-state index in [4.69, 9.17) is 23.2 Å². The van der Waals surface area contributed by atoms with E-state index in [0.717, 1.165) is 16.7 Å². The smallest absolute Gasteiger partial charge is 0.163 e. The molecule has 0 bridgehead atoms. The minimum Gasteiger partial charge on any atom is -0.216 e. The zero-order valence-corrected chi connectivity index (χ0v) is 11.4. The maximum atomic E-state index is 5.90. The molecule has 0 fully saturated rings. The van der Waals surface area contributed by atoms with E-state index < -0.39 is 0 Å². The first-order valence-electron chi connectivity index (χ1n) is 5.25. The molecular formula is C13H12Cl2N2. The van der Waals surface area contributed by atoms with Crippen molar-refractivity contribution in [1.82, 2.24) is 9.97 Å². The van der Waals surface area contributed by atoms with Crippen LogP contribution in [-0.2, 0) is 0 Å². The highest BCUT2D eigenvalue weighted by Crippen LogP contribution is 2.27. The van der Waals surface area contributed by atoms with Crippen molar-refractivity contribution in [2.75, 3.05) is 0 Å². The molecule has 0 aliphatic carbocycles. The van der Waals surface area contributed by atoms with Crippen molar-refractivity contribution in [3.63, 3.8) is 0 Å². The van der Waals surface area contributed by atoms with Crippen LogP contribution in [-0.4, -0.2) is 9.97 Å². The SMILES string of the molecule is Cc1cc(C)c(-c2nc(Cl)cc(Cl)n2)c(C)c1. The Morgan fingerprint density at radius 1 is 0.824 bits per heavy atom. The van der Waals surface area contributed by atoms with Gasteiger partial charge in [0.2, 0.25) is 0 Å². The lowest BCUT2D eigenvalue weighted by Crippen LogP contribution is -1.96. The van der Waals surface area contributed by atoms with Gasteiger partial charge < -0.3 is 0 Å². The van der Waals surface area contributed by atoms with Gasteiger partial charge in [0, 0.05) is 11.6 Å². The van der Waals surface area contributed by atoms with Crippen LogP contribution in [0.5, 0.6) is 0 Å². The third-order valence-corrected chi connectivity index (χ3v) is 2.95. The van der Waals surface area contributed by atoms with E-state index in [2.05, 4.69) is 29.0 Å². The van der Waals surface area contributed by atoms with Crippen LogP contribution in [0.4, 0.5) is 0 Å². The fourth-order valence-electron chi connectivity index (χ4n) is 2.03. The Morgan fingerprint density at radius 2 is 1.29 bits per heavy atom. The van der Waals surface area contributed by atoms with E-state index >= 15 is 0 Å². The molecule has 0 aliphatic rings. The summed E-state index contributed by atoms with van der Waals surface area (Å²) >= 11 is 11.8. The number of aryl methyl sites for hydroxylation is 3. The third kappa shape index (κ3) is 2.59. The highest BCUT2D eigenvalue weighted by molar-refractivity contribution is 6.33. The molecule has 0 atom stereocenters. The van der Waals surface area contributed by atoms with Crippen LogP contribution in [0.25, 0.3) is 11.4 Å². The molecule has 0 radical (unpaired) electrons. The predicted octanol–water partition coefficient (Wildman–Crippen LogP) is 4.38. The highest BCUT2D eigenvalue weighted by Gasteiger charge is 2.11. The summed E-state index contributed by atoms with van der Waals surface area (Å²) in [6.45, 7) is 6.14. The van der Waals surface area contributed by atoms with Crippen LogP contribution < -0.4 is 0 Å². The molecule has 2 nitrogen and oxygen atoms in total. The van der Waals surface area contributed by atoms with Gasteiger partial charge in [-0.15, -0.1) is 0 Å². The molecule has 0 N–H and O–H groups in total. The maximum absolute atomic E-state index is 5.90. The van der Waals surface area contributed by atoms with Crippen molar-refractivity contribution in [2.45, 2.75) is 20.8 Å². The fraction of sp³-hybridized carbons (Fsp3) is 0.231. The number of aromatic nitrogens is 2. The molecule has 1 aromatic carbocycles. The fourth-order valence-corrected chi connectivity index (χ4v) is 2.46.